The van der Waals surface area contributed by atoms with Gasteiger partial charge >= 0.3 is 0 Å². The first-order chi connectivity index (χ1) is 9.13. The monoisotopic (exact) mass is 382 g/mol. The van der Waals surface area contributed by atoms with E-state index in [4.69, 9.17) is 0 Å². The smallest absolute Gasteiger partial charge is 0.0410 e. The van der Waals surface area contributed by atoms with Crippen LogP contribution in [0.3, 0.4) is 0 Å². The number of hydrogen-bond donors (Lipinski definition) is 1. The van der Waals surface area contributed by atoms with Crippen molar-refractivity contribution in [1.82, 2.24) is 10.3 Å². The molecule has 2 nitrogen and oxygen atoms in total. The number of hydrogen-bond acceptors (Lipinski definition) is 2. The molecule has 0 spiro atoms. The van der Waals surface area contributed by atoms with Gasteiger partial charge < -0.3 is 5.32 Å². The van der Waals surface area contributed by atoms with Crippen LogP contribution in [0.5, 0.6) is 0 Å². The summed E-state index contributed by atoms with van der Waals surface area (Å²) >= 11 is 6.89. The van der Waals surface area contributed by atoms with Crippen LogP contribution in [0.15, 0.2) is 51.7 Å². The first kappa shape index (κ1) is 14.7. The van der Waals surface area contributed by atoms with Crippen molar-refractivity contribution >= 4 is 31.9 Å². The summed E-state index contributed by atoms with van der Waals surface area (Å²) in [6.45, 7) is 3.04. The molecule has 0 saturated carbocycles. The fourth-order valence-electron chi connectivity index (χ4n) is 1.89. The van der Waals surface area contributed by atoms with E-state index in [9.17, 15) is 0 Å². The average molecular weight is 384 g/mol. The standard InChI is InChI=1S/C15H16Br2N2/c1-11(6-12-2-4-14(16)5-3-12)19-9-13-7-15(17)10-18-8-13/h2-5,7-8,10-11,19H,6,9H2,1H3. The van der Waals surface area contributed by atoms with Crippen LogP contribution in [0.25, 0.3) is 0 Å². The number of nitrogens with one attached hydrogen (secondary N) is 1. The summed E-state index contributed by atoms with van der Waals surface area (Å²) in [5.74, 6) is 0. The lowest BCUT2D eigenvalue weighted by Crippen LogP contribution is -2.27. The van der Waals surface area contributed by atoms with Gasteiger partial charge in [0.2, 0.25) is 0 Å². The molecule has 2 rings (SSSR count). The fourth-order valence-corrected chi connectivity index (χ4v) is 2.57. The molecule has 2 aromatic rings. The Kier molecular flexibility index (Phi) is 5.55. The minimum Gasteiger partial charge on any atom is -0.310 e. The van der Waals surface area contributed by atoms with Crippen LogP contribution in [0.1, 0.15) is 18.1 Å². The van der Waals surface area contributed by atoms with E-state index < -0.39 is 0 Å². The highest BCUT2D eigenvalue weighted by Gasteiger charge is 2.04. The molecular formula is C15H16Br2N2. The van der Waals surface area contributed by atoms with E-state index in [0.29, 0.717) is 6.04 Å². The molecule has 0 fully saturated rings. The topological polar surface area (TPSA) is 24.9 Å². The van der Waals surface area contributed by atoms with Crippen molar-refractivity contribution in [2.45, 2.75) is 25.9 Å². The van der Waals surface area contributed by atoms with Gasteiger partial charge in [-0.15, -0.1) is 0 Å². The van der Waals surface area contributed by atoms with E-state index in [0.717, 1.165) is 21.9 Å². The molecule has 0 bridgehead atoms. The molecule has 4 heteroatoms. The largest absolute Gasteiger partial charge is 0.310 e. The van der Waals surface area contributed by atoms with E-state index in [2.05, 4.69) is 79.4 Å². The summed E-state index contributed by atoms with van der Waals surface area (Å²) < 4.78 is 2.14. The highest BCUT2D eigenvalue weighted by molar-refractivity contribution is 9.10. The fraction of sp³-hybridized carbons (Fsp3) is 0.267. The molecule has 1 atom stereocenters. The van der Waals surface area contributed by atoms with Gasteiger partial charge in [0.15, 0.2) is 0 Å². The number of pyridine rings is 1. The maximum atomic E-state index is 4.16. The molecule has 0 radical (unpaired) electrons. The van der Waals surface area contributed by atoms with E-state index in [-0.39, 0.29) is 0 Å². The zero-order chi connectivity index (χ0) is 13.7. The molecule has 0 amide bonds. The van der Waals surface area contributed by atoms with Crippen molar-refractivity contribution in [3.05, 3.63) is 62.8 Å². The predicted molar refractivity (Wildman–Crippen MR) is 86.1 cm³/mol. The Morgan fingerprint density at radius 1 is 1.05 bits per heavy atom. The Labute approximate surface area is 130 Å². The Morgan fingerprint density at radius 2 is 1.79 bits per heavy atom. The zero-order valence-corrected chi connectivity index (χ0v) is 13.9. The van der Waals surface area contributed by atoms with Crippen LogP contribution < -0.4 is 5.32 Å². The lowest BCUT2D eigenvalue weighted by molar-refractivity contribution is 0.544. The maximum absolute atomic E-state index is 4.16. The van der Waals surface area contributed by atoms with Gasteiger partial charge in [0.05, 0.1) is 0 Å². The number of nitrogens with zero attached hydrogens (tertiary/aromatic N) is 1. The van der Waals surface area contributed by atoms with Crippen molar-refractivity contribution in [1.29, 1.82) is 0 Å². The van der Waals surface area contributed by atoms with E-state index in [1.807, 2.05) is 6.20 Å². The van der Waals surface area contributed by atoms with Gasteiger partial charge in [-0.1, -0.05) is 28.1 Å². The van der Waals surface area contributed by atoms with Gasteiger partial charge in [-0.2, -0.15) is 0 Å². The summed E-state index contributed by atoms with van der Waals surface area (Å²) in [7, 11) is 0. The minimum atomic E-state index is 0.431. The molecule has 1 unspecified atom stereocenters. The van der Waals surface area contributed by atoms with Gasteiger partial charge in [0.25, 0.3) is 0 Å². The van der Waals surface area contributed by atoms with Crippen LogP contribution in [0, 0.1) is 0 Å². The van der Waals surface area contributed by atoms with E-state index in [1.54, 1.807) is 6.20 Å². The predicted octanol–water partition coefficient (Wildman–Crippen LogP) is 4.33. The molecule has 0 aliphatic heterocycles. The molecular weight excluding hydrogens is 368 g/mol. The van der Waals surface area contributed by atoms with Crippen LogP contribution in [-0.4, -0.2) is 11.0 Å². The van der Waals surface area contributed by atoms with Crippen molar-refractivity contribution < 1.29 is 0 Å². The van der Waals surface area contributed by atoms with Crippen LogP contribution >= 0.6 is 31.9 Å². The summed E-state index contributed by atoms with van der Waals surface area (Å²) in [4.78, 5) is 4.16. The lowest BCUT2D eigenvalue weighted by atomic mass is 10.1. The van der Waals surface area contributed by atoms with Crippen molar-refractivity contribution in [3.63, 3.8) is 0 Å². The summed E-state index contributed by atoms with van der Waals surface area (Å²) in [5, 5.41) is 3.52. The minimum absolute atomic E-state index is 0.431. The Morgan fingerprint density at radius 3 is 2.47 bits per heavy atom. The summed E-state index contributed by atoms with van der Waals surface area (Å²) in [5.41, 5.74) is 2.53. The van der Waals surface area contributed by atoms with Crippen molar-refractivity contribution in [3.8, 4) is 0 Å². The lowest BCUT2D eigenvalue weighted by Gasteiger charge is -2.14. The van der Waals surface area contributed by atoms with E-state index >= 15 is 0 Å². The first-order valence-corrected chi connectivity index (χ1v) is 7.79. The molecule has 1 heterocycles. The summed E-state index contributed by atoms with van der Waals surface area (Å²) in [6.07, 6.45) is 4.72. The Hall–Kier alpha value is -0.710. The van der Waals surface area contributed by atoms with Crippen LogP contribution in [-0.2, 0) is 13.0 Å². The quantitative estimate of drug-likeness (QED) is 0.831. The zero-order valence-electron chi connectivity index (χ0n) is 10.7. The molecule has 0 aliphatic carbocycles. The van der Waals surface area contributed by atoms with Crippen molar-refractivity contribution in [2.24, 2.45) is 0 Å². The summed E-state index contributed by atoms with van der Waals surface area (Å²) in [6, 6.07) is 11.0. The first-order valence-electron chi connectivity index (χ1n) is 6.21. The molecule has 0 saturated heterocycles. The van der Waals surface area contributed by atoms with Gasteiger partial charge in [-0.25, -0.2) is 0 Å². The van der Waals surface area contributed by atoms with Crippen LogP contribution in [0.4, 0.5) is 0 Å². The second-order valence-electron chi connectivity index (χ2n) is 4.62. The molecule has 1 aromatic carbocycles. The third-order valence-electron chi connectivity index (χ3n) is 2.87. The van der Waals surface area contributed by atoms with Crippen LogP contribution in [0.2, 0.25) is 0 Å². The molecule has 1 aromatic heterocycles. The Balaban J connectivity index is 1.84. The normalized spacial score (nSPS) is 12.4. The molecule has 0 aliphatic rings. The maximum Gasteiger partial charge on any atom is 0.0410 e. The second kappa shape index (κ2) is 7.17. The number of rotatable bonds is 5. The van der Waals surface area contributed by atoms with Gasteiger partial charge in [0, 0.05) is 33.9 Å². The highest BCUT2D eigenvalue weighted by Crippen LogP contribution is 2.12. The molecule has 1 N–H and O–H groups in total. The van der Waals surface area contributed by atoms with Gasteiger partial charge in [-0.05, 0) is 58.6 Å². The number of halogens is 2. The third kappa shape index (κ3) is 5.05. The highest BCUT2D eigenvalue weighted by atomic mass is 79.9. The average Bonchev–Trinajstić information content (AvgIpc) is 2.39. The number of benzene rings is 1. The van der Waals surface area contributed by atoms with Gasteiger partial charge in [-0.3, -0.25) is 4.98 Å². The number of aromatic nitrogens is 1. The molecule has 100 valence electrons. The molecule has 19 heavy (non-hydrogen) atoms. The second-order valence-corrected chi connectivity index (χ2v) is 6.46. The van der Waals surface area contributed by atoms with E-state index in [1.165, 1.54) is 11.1 Å². The SMILES string of the molecule is CC(Cc1ccc(Br)cc1)NCc1cncc(Br)c1. The van der Waals surface area contributed by atoms with Gasteiger partial charge in [0.1, 0.15) is 0 Å². The Bertz CT molecular complexity index is 526. The third-order valence-corrected chi connectivity index (χ3v) is 3.83. The van der Waals surface area contributed by atoms with Crippen molar-refractivity contribution in [2.75, 3.05) is 0 Å².